The second-order valence-electron chi connectivity index (χ2n) is 4.64. The molecule has 0 bridgehead atoms. The van der Waals surface area contributed by atoms with Gasteiger partial charge < -0.3 is 9.47 Å². The Kier molecular flexibility index (Phi) is 2.93. The standard InChI is InChI=1S/C12H20O2/c1-12-8-4-3-5-10(12)6-7-11(12)14-9-13-2/h5,11H,3-4,6-9H2,1-2H3/t11-,12-/m0/s1. The zero-order valence-corrected chi connectivity index (χ0v) is 9.21. The van der Waals surface area contributed by atoms with Gasteiger partial charge in [0, 0.05) is 12.5 Å². The Morgan fingerprint density at radius 3 is 3.21 bits per heavy atom. The third kappa shape index (κ3) is 1.61. The predicted molar refractivity (Wildman–Crippen MR) is 56.0 cm³/mol. The van der Waals surface area contributed by atoms with Gasteiger partial charge in [0.1, 0.15) is 6.79 Å². The Morgan fingerprint density at radius 1 is 1.57 bits per heavy atom. The third-order valence-corrected chi connectivity index (χ3v) is 3.80. The van der Waals surface area contributed by atoms with Gasteiger partial charge in [-0.15, -0.1) is 0 Å². The van der Waals surface area contributed by atoms with Crippen molar-refractivity contribution in [1.29, 1.82) is 0 Å². The minimum atomic E-state index is 0.316. The molecule has 80 valence electrons. The fourth-order valence-corrected chi connectivity index (χ4v) is 2.92. The predicted octanol–water partition coefficient (Wildman–Crippen LogP) is 2.89. The molecule has 0 N–H and O–H groups in total. The van der Waals surface area contributed by atoms with E-state index in [-0.39, 0.29) is 0 Å². The van der Waals surface area contributed by atoms with Crippen LogP contribution in [0.15, 0.2) is 11.6 Å². The monoisotopic (exact) mass is 196 g/mol. The van der Waals surface area contributed by atoms with Crippen molar-refractivity contribution in [3.05, 3.63) is 11.6 Å². The molecule has 2 aliphatic rings. The Balaban J connectivity index is 2.06. The number of hydrogen-bond acceptors (Lipinski definition) is 2. The molecule has 1 fully saturated rings. The first-order chi connectivity index (χ1) is 6.77. The van der Waals surface area contributed by atoms with Gasteiger partial charge in [-0.05, 0) is 32.1 Å². The van der Waals surface area contributed by atoms with Crippen LogP contribution < -0.4 is 0 Å². The summed E-state index contributed by atoms with van der Waals surface area (Å²) in [5, 5.41) is 0. The Hall–Kier alpha value is -0.340. The van der Waals surface area contributed by atoms with E-state index in [4.69, 9.17) is 9.47 Å². The molecule has 2 aliphatic carbocycles. The summed E-state index contributed by atoms with van der Waals surface area (Å²) >= 11 is 0. The lowest BCUT2D eigenvalue weighted by Gasteiger charge is -2.35. The normalized spacial score (nSPS) is 36.7. The highest BCUT2D eigenvalue weighted by Gasteiger charge is 2.43. The zero-order chi connectivity index (χ0) is 10.0. The lowest BCUT2D eigenvalue weighted by atomic mass is 9.74. The van der Waals surface area contributed by atoms with E-state index in [1.54, 1.807) is 12.7 Å². The minimum Gasteiger partial charge on any atom is -0.359 e. The molecule has 1 saturated carbocycles. The lowest BCUT2D eigenvalue weighted by Crippen LogP contribution is -2.32. The van der Waals surface area contributed by atoms with Gasteiger partial charge in [0.15, 0.2) is 0 Å². The van der Waals surface area contributed by atoms with Crippen LogP contribution in [0.4, 0.5) is 0 Å². The first-order valence-electron chi connectivity index (χ1n) is 5.57. The molecule has 0 aromatic rings. The Bertz CT molecular complexity index is 234. The van der Waals surface area contributed by atoms with Gasteiger partial charge in [0.05, 0.1) is 6.10 Å². The van der Waals surface area contributed by atoms with E-state index in [0.29, 0.717) is 18.3 Å². The van der Waals surface area contributed by atoms with Crippen LogP contribution in [-0.2, 0) is 9.47 Å². The van der Waals surface area contributed by atoms with Crippen molar-refractivity contribution in [3.63, 3.8) is 0 Å². The van der Waals surface area contributed by atoms with Crippen molar-refractivity contribution in [2.75, 3.05) is 13.9 Å². The first-order valence-corrected chi connectivity index (χ1v) is 5.57. The average Bonchev–Trinajstić information content (AvgIpc) is 2.52. The molecule has 0 amide bonds. The van der Waals surface area contributed by atoms with Crippen molar-refractivity contribution >= 4 is 0 Å². The van der Waals surface area contributed by atoms with Gasteiger partial charge in [0.25, 0.3) is 0 Å². The molecule has 0 aliphatic heterocycles. The average molecular weight is 196 g/mol. The van der Waals surface area contributed by atoms with Crippen LogP contribution in [0.25, 0.3) is 0 Å². The second kappa shape index (κ2) is 4.03. The quantitative estimate of drug-likeness (QED) is 0.510. The van der Waals surface area contributed by atoms with E-state index in [2.05, 4.69) is 13.0 Å². The maximum absolute atomic E-state index is 5.76. The van der Waals surface area contributed by atoms with Gasteiger partial charge in [-0.2, -0.15) is 0 Å². The minimum absolute atomic E-state index is 0.316. The number of allylic oxidation sites excluding steroid dienone is 1. The van der Waals surface area contributed by atoms with Crippen LogP contribution in [0.1, 0.15) is 39.0 Å². The van der Waals surface area contributed by atoms with Crippen molar-refractivity contribution in [1.82, 2.24) is 0 Å². The van der Waals surface area contributed by atoms with E-state index in [9.17, 15) is 0 Å². The van der Waals surface area contributed by atoms with Crippen LogP contribution in [0.5, 0.6) is 0 Å². The van der Waals surface area contributed by atoms with Crippen molar-refractivity contribution in [2.24, 2.45) is 5.41 Å². The van der Waals surface area contributed by atoms with Crippen LogP contribution in [0.2, 0.25) is 0 Å². The molecular formula is C12H20O2. The first kappa shape index (κ1) is 10.2. The molecule has 0 heterocycles. The summed E-state index contributed by atoms with van der Waals surface area (Å²) in [6.07, 6.45) is 9.08. The number of methoxy groups -OCH3 is 1. The largest absolute Gasteiger partial charge is 0.359 e. The van der Waals surface area contributed by atoms with Gasteiger partial charge in [-0.25, -0.2) is 0 Å². The fraction of sp³-hybridized carbons (Fsp3) is 0.833. The summed E-state index contributed by atoms with van der Waals surface area (Å²) in [5.74, 6) is 0. The van der Waals surface area contributed by atoms with Gasteiger partial charge >= 0.3 is 0 Å². The number of rotatable bonds is 3. The molecular weight excluding hydrogens is 176 g/mol. The lowest BCUT2D eigenvalue weighted by molar-refractivity contribution is -0.101. The zero-order valence-electron chi connectivity index (χ0n) is 9.21. The van der Waals surface area contributed by atoms with Crippen LogP contribution in [0.3, 0.4) is 0 Å². The summed E-state index contributed by atoms with van der Waals surface area (Å²) < 4.78 is 10.7. The third-order valence-electron chi connectivity index (χ3n) is 3.80. The summed E-state index contributed by atoms with van der Waals surface area (Å²) in [4.78, 5) is 0. The molecule has 2 rings (SSSR count). The highest BCUT2D eigenvalue weighted by Crippen LogP contribution is 2.50. The maximum atomic E-state index is 5.76. The highest BCUT2D eigenvalue weighted by molar-refractivity contribution is 5.23. The molecule has 0 spiro atoms. The molecule has 2 atom stereocenters. The van der Waals surface area contributed by atoms with E-state index in [1.165, 1.54) is 32.1 Å². The molecule has 0 aromatic carbocycles. The number of fused-ring (bicyclic) bond motifs is 1. The molecule has 0 unspecified atom stereocenters. The van der Waals surface area contributed by atoms with E-state index in [0.717, 1.165) is 0 Å². The van der Waals surface area contributed by atoms with E-state index < -0.39 is 0 Å². The summed E-state index contributed by atoms with van der Waals surface area (Å²) in [6.45, 7) is 2.79. The Labute approximate surface area is 86.3 Å². The fourth-order valence-electron chi connectivity index (χ4n) is 2.92. The molecule has 0 aromatic heterocycles. The molecule has 0 saturated heterocycles. The molecule has 14 heavy (non-hydrogen) atoms. The van der Waals surface area contributed by atoms with Crippen molar-refractivity contribution in [2.45, 2.75) is 45.1 Å². The molecule has 0 radical (unpaired) electrons. The summed E-state index contributed by atoms with van der Waals surface area (Å²) in [7, 11) is 1.69. The SMILES string of the molecule is COCO[C@H]1CCC2=CCCC[C@@]21C. The number of hydrogen-bond donors (Lipinski definition) is 0. The van der Waals surface area contributed by atoms with Gasteiger partial charge in [0.2, 0.25) is 0 Å². The van der Waals surface area contributed by atoms with Gasteiger partial charge in [-0.1, -0.05) is 18.6 Å². The smallest absolute Gasteiger partial charge is 0.146 e. The topological polar surface area (TPSA) is 18.5 Å². The Morgan fingerprint density at radius 2 is 2.43 bits per heavy atom. The maximum Gasteiger partial charge on any atom is 0.146 e. The summed E-state index contributed by atoms with van der Waals surface area (Å²) in [5.41, 5.74) is 1.95. The highest BCUT2D eigenvalue weighted by atomic mass is 16.7. The molecule has 2 heteroatoms. The van der Waals surface area contributed by atoms with Crippen LogP contribution >= 0.6 is 0 Å². The second-order valence-corrected chi connectivity index (χ2v) is 4.64. The van der Waals surface area contributed by atoms with Crippen LogP contribution in [-0.4, -0.2) is 20.0 Å². The summed E-state index contributed by atoms with van der Waals surface area (Å²) in [6, 6.07) is 0. The van der Waals surface area contributed by atoms with Crippen LogP contribution in [0, 0.1) is 5.41 Å². The molecule has 2 nitrogen and oxygen atoms in total. The van der Waals surface area contributed by atoms with Crippen molar-refractivity contribution in [3.8, 4) is 0 Å². The number of ether oxygens (including phenoxy) is 2. The van der Waals surface area contributed by atoms with E-state index in [1.807, 2.05) is 0 Å². The van der Waals surface area contributed by atoms with Crippen molar-refractivity contribution < 1.29 is 9.47 Å². The van der Waals surface area contributed by atoms with Gasteiger partial charge in [-0.3, -0.25) is 0 Å². The van der Waals surface area contributed by atoms with E-state index >= 15 is 0 Å².